The Hall–Kier alpha value is -2.37. The Balaban J connectivity index is 1.58. The highest BCUT2D eigenvalue weighted by atomic mass is 16.2. The monoisotopic (exact) mass is 327 g/mol. The van der Waals surface area contributed by atoms with Gasteiger partial charge in [-0.1, -0.05) is 0 Å². The van der Waals surface area contributed by atoms with Crippen molar-refractivity contribution in [2.24, 2.45) is 0 Å². The fourth-order valence-electron chi connectivity index (χ4n) is 3.23. The van der Waals surface area contributed by atoms with E-state index in [2.05, 4.69) is 21.5 Å². The van der Waals surface area contributed by atoms with E-state index in [0.29, 0.717) is 18.9 Å². The Bertz CT molecular complexity index is 724. The van der Waals surface area contributed by atoms with E-state index in [9.17, 15) is 4.79 Å². The third kappa shape index (κ3) is 3.75. The molecule has 0 bridgehead atoms. The molecular formula is C18H25N5O. The van der Waals surface area contributed by atoms with Gasteiger partial charge in [-0.05, 0) is 38.5 Å². The van der Waals surface area contributed by atoms with E-state index in [1.54, 1.807) is 0 Å². The van der Waals surface area contributed by atoms with Crippen molar-refractivity contribution in [1.29, 1.82) is 0 Å². The molecule has 6 nitrogen and oxygen atoms in total. The second kappa shape index (κ2) is 7.03. The molecule has 0 spiro atoms. The SMILES string of the molecule is CNc1cc(C)nc([C@@H]2CCN(C(=O)CCn3ccc(C)n3)C2)c1. The summed E-state index contributed by atoms with van der Waals surface area (Å²) in [6, 6.07) is 6.09. The Morgan fingerprint density at radius 3 is 2.88 bits per heavy atom. The van der Waals surface area contributed by atoms with Gasteiger partial charge in [0.25, 0.3) is 0 Å². The van der Waals surface area contributed by atoms with Crippen LogP contribution in [0, 0.1) is 13.8 Å². The number of aryl methyl sites for hydroxylation is 3. The summed E-state index contributed by atoms with van der Waals surface area (Å²) in [5.74, 6) is 0.528. The lowest BCUT2D eigenvalue weighted by atomic mass is 10.0. The summed E-state index contributed by atoms with van der Waals surface area (Å²) in [5.41, 5.74) is 4.15. The van der Waals surface area contributed by atoms with Gasteiger partial charge in [0.1, 0.15) is 0 Å². The van der Waals surface area contributed by atoms with Crippen molar-refractivity contribution in [3.8, 4) is 0 Å². The molecule has 0 aromatic carbocycles. The molecule has 1 amide bonds. The molecule has 2 aromatic heterocycles. The average molecular weight is 327 g/mol. The largest absolute Gasteiger partial charge is 0.388 e. The lowest BCUT2D eigenvalue weighted by Gasteiger charge is -2.17. The molecule has 1 aliphatic heterocycles. The summed E-state index contributed by atoms with van der Waals surface area (Å²) < 4.78 is 1.84. The number of anilines is 1. The van der Waals surface area contributed by atoms with Crippen LogP contribution in [-0.4, -0.2) is 45.7 Å². The number of hydrogen-bond donors (Lipinski definition) is 1. The van der Waals surface area contributed by atoms with Crippen molar-refractivity contribution in [3.63, 3.8) is 0 Å². The van der Waals surface area contributed by atoms with Crippen LogP contribution < -0.4 is 5.32 Å². The van der Waals surface area contributed by atoms with Crippen molar-refractivity contribution in [1.82, 2.24) is 19.7 Å². The van der Waals surface area contributed by atoms with Crippen molar-refractivity contribution < 1.29 is 4.79 Å². The predicted molar refractivity (Wildman–Crippen MR) is 94.0 cm³/mol. The quantitative estimate of drug-likeness (QED) is 0.915. The van der Waals surface area contributed by atoms with E-state index in [-0.39, 0.29) is 5.91 Å². The zero-order valence-electron chi connectivity index (χ0n) is 14.6. The van der Waals surface area contributed by atoms with Crippen molar-refractivity contribution in [3.05, 3.63) is 41.5 Å². The highest BCUT2D eigenvalue weighted by Gasteiger charge is 2.28. The maximum Gasteiger partial charge on any atom is 0.224 e. The summed E-state index contributed by atoms with van der Waals surface area (Å²) in [5, 5.41) is 7.51. The molecule has 1 atom stereocenters. The van der Waals surface area contributed by atoms with Crippen LogP contribution >= 0.6 is 0 Å². The molecule has 1 aliphatic rings. The van der Waals surface area contributed by atoms with Crippen LogP contribution in [0.4, 0.5) is 5.69 Å². The number of amides is 1. The number of nitrogens with one attached hydrogen (secondary N) is 1. The molecule has 1 fully saturated rings. The lowest BCUT2D eigenvalue weighted by molar-refractivity contribution is -0.130. The molecule has 0 saturated carbocycles. The van der Waals surface area contributed by atoms with Gasteiger partial charge < -0.3 is 10.2 Å². The molecule has 1 saturated heterocycles. The van der Waals surface area contributed by atoms with E-state index in [0.717, 1.165) is 42.3 Å². The summed E-state index contributed by atoms with van der Waals surface area (Å²) >= 11 is 0. The zero-order chi connectivity index (χ0) is 17.1. The van der Waals surface area contributed by atoms with Crippen molar-refractivity contribution in [2.45, 2.75) is 39.2 Å². The zero-order valence-corrected chi connectivity index (χ0v) is 14.6. The van der Waals surface area contributed by atoms with Crippen molar-refractivity contribution >= 4 is 11.6 Å². The lowest BCUT2D eigenvalue weighted by Crippen LogP contribution is -2.29. The topological polar surface area (TPSA) is 63.1 Å². The van der Waals surface area contributed by atoms with Gasteiger partial charge in [0.2, 0.25) is 5.91 Å². The summed E-state index contributed by atoms with van der Waals surface area (Å²) in [6.45, 7) is 6.18. The Kier molecular flexibility index (Phi) is 4.83. The van der Waals surface area contributed by atoms with Gasteiger partial charge in [0.15, 0.2) is 0 Å². The van der Waals surface area contributed by atoms with Gasteiger partial charge in [-0.2, -0.15) is 5.10 Å². The van der Waals surface area contributed by atoms with Gasteiger partial charge in [-0.15, -0.1) is 0 Å². The number of likely N-dealkylation sites (tertiary alicyclic amines) is 1. The highest BCUT2D eigenvalue weighted by molar-refractivity contribution is 5.76. The molecule has 0 unspecified atom stereocenters. The van der Waals surface area contributed by atoms with Crippen LogP contribution in [0.1, 0.15) is 35.8 Å². The van der Waals surface area contributed by atoms with E-state index in [4.69, 9.17) is 0 Å². The molecule has 1 N–H and O–H groups in total. The van der Waals surface area contributed by atoms with Gasteiger partial charge in [-0.3, -0.25) is 14.5 Å². The Morgan fingerprint density at radius 1 is 1.33 bits per heavy atom. The maximum absolute atomic E-state index is 12.4. The second-order valence-electron chi connectivity index (χ2n) is 6.47. The summed E-state index contributed by atoms with van der Waals surface area (Å²) in [4.78, 5) is 19.1. The van der Waals surface area contributed by atoms with Gasteiger partial charge in [0, 0.05) is 62.3 Å². The summed E-state index contributed by atoms with van der Waals surface area (Å²) in [6.07, 6.45) is 3.40. The fourth-order valence-corrected chi connectivity index (χ4v) is 3.23. The molecule has 3 rings (SSSR count). The number of pyridine rings is 1. The number of rotatable bonds is 5. The summed E-state index contributed by atoms with van der Waals surface area (Å²) in [7, 11) is 1.92. The minimum Gasteiger partial charge on any atom is -0.388 e. The van der Waals surface area contributed by atoms with Crippen LogP contribution in [0.3, 0.4) is 0 Å². The van der Waals surface area contributed by atoms with Crippen LogP contribution in [0.5, 0.6) is 0 Å². The molecular weight excluding hydrogens is 302 g/mol. The maximum atomic E-state index is 12.4. The van der Waals surface area contributed by atoms with Gasteiger partial charge >= 0.3 is 0 Å². The third-order valence-electron chi connectivity index (χ3n) is 4.55. The molecule has 0 radical (unpaired) electrons. The first-order valence-electron chi connectivity index (χ1n) is 8.49. The first kappa shape index (κ1) is 16.5. The van der Waals surface area contributed by atoms with E-state index >= 15 is 0 Å². The predicted octanol–water partition coefficient (Wildman–Crippen LogP) is 2.34. The highest BCUT2D eigenvalue weighted by Crippen LogP contribution is 2.28. The standard InChI is InChI=1S/C18H25N5O/c1-13-4-8-23(21-13)9-6-18(24)22-7-5-15(12-22)17-11-16(19-3)10-14(2)20-17/h4,8,10-11,15H,5-7,9,12H2,1-3H3,(H,19,20)/t15-/m1/s1. The van der Waals surface area contributed by atoms with Crippen molar-refractivity contribution in [2.75, 3.05) is 25.5 Å². The van der Waals surface area contributed by atoms with Crippen LogP contribution in [0.2, 0.25) is 0 Å². The van der Waals surface area contributed by atoms with Crippen LogP contribution in [0.25, 0.3) is 0 Å². The average Bonchev–Trinajstić information content (AvgIpc) is 3.21. The Labute approximate surface area is 142 Å². The minimum absolute atomic E-state index is 0.201. The molecule has 6 heteroatoms. The molecule has 24 heavy (non-hydrogen) atoms. The molecule has 0 aliphatic carbocycles. The number of nitrogens with zero attached hydrogens (tertiary/aromatic N) is 4. The van der Waals surface area contributed by atoms with Gasteiger partial charge in [0.05, 0.1) is 5.69 Å². The number of aromatic nitrogens is 3. The second-order valence-corrected chi connectivity index (χ2v) is 6.47. The Morgan fingerprint density at radius 2 is 2.17 bits per heavy atom. The number of carbonyl (C=O) groups excluding carboxylic acids is 1. The first-order chi connectivity index (χ1) is 11.5. The molecule has 128 valence electrons. The van der Waals surface area contributed by atoms with Crippen LogP contribution in [0.15, 0.2) is 24.4 Å². The van der Waals surface area contributed by atoms with E-state index in [1.807, 2.05) is 48.8 Å². The smallest absolute Gasteiger partial charge is 0.224 e. The van der Waals surface area contributed by atoms with E-state index < -0.39 is 0 Å². The molecule has 2 aromatic rings. The van der Waals surface area contributed by atoms with Gasteiger partial charge in [-0.25, -0.2) is 0 Å². The molecule has 3 heterocycles. The normalized spacial score (nSPS) is 17.3. The minimum atomic E-state index is 0.201. The number of carbonyl (C=O) groups is 1. The van der Waals surface area contributed by atoms with E-state index in [1.165, 1.54) is 0 Å². The first-order valence-corrected chi connectivity index (χ1v) is 8.49. The third-order valence-corrected chi connectivity index (χ3v) is 4.55. The fraction of sp³-hybridized carbons (Fsp3) is 0.500. The van der Waals surface area contributed by atoms with Crippen LogP contribution in [-0.2, 0) is 11.3 Å². The number of hydrogen-bond acceptors (Lipinski definition) is 4.